The Labute approximate surface area is 172 Å². The van der Waals surface area contributed by atoms with Gasteiger partial charge in [0.1, 0.15) is 17.2 Å². The van der Waals surface area contributed by atoms with Gasteiger partial charge in [-0.25, -0.2) is 14.8 Å². The number of aromatic nitrogens is 3. The molecule has 0 spiro atoms. The Hall–Kier alpha value is -3.59. The van der Waals surface area contributed by atoms with Crippen LogP contribution in [0.15, 0.2) is 67.1 Å². The van der Waals surface area contributed by atoms with E-state index in [1.807, 2.05) is 0 Å². The Kier molecular flexibility index (Phi) is 5.04. The third-order valence-electron chi connectivity index (χ3n) is 4.15. The van der Waals surface area contributed by atoms with Gasteiger partial charge in [-0.05, 0) is 42.5 Å². The molecule has 0 aliphatic heterocycles. The number of nitrogens with zero attached hydrogens (tertiary/aromatic N) is 3. The SMILES string of the molecule is O=C(Nc1cccc(C(F)(F)F)c1)n1ccc2cc(Oc3cc(Cl)ncn3)ccc21. The zero-order valence-electron chi connectivity index (χ0n) is 15.0. The molecule has 0 bridgehead atoms. The molecule has 2 aromatic carbocycles. The van der Waals surface area contributed by atoms with Crippen LogP contribution in [0.2, 0.25) is 5.15 Å². The van der Waals surface area contributed by atoms with Crippen molar-refractivity contribution in [2.75, 3.05) is 5.32 Å². The molecule has 1 N–H and O–H groups in total. The summed E-state index contributed by atoms with van der Waals surface area (Å²) in [5, 5.41) is 3.39. The van der Waals surface area contributed by atoms with Crippen molar-refractivity contribution in [2.24, 2.45) is 0 Å². The molecule has 1 amide bonds. The predicted octanol–water partition coefficient (Wildman–Crippen LogP) is 5.98. The lowest BCUT2D eigenvalue weighted by molar-refractivity contribution is -0.137. The van der Waals surface area contributed by atoms with Crippen molar-refractivity contribution in [1.82, 2.24) is 14.5 Å². The van der Waals surface area contributed by atoms with Gasteiger partial charge in [0.15, 0.2) is 0 Å². The van der Waals surface area contributed by atoms with E-state index in [9.17, 15) is 18.0 Å². The normalized spacial score (nSPS) is 11.5. The van der Waals surface area contributed by atoms with Gasteiger partial charge in [0.05, 0.1) is 11.1 Å². The Morgan fingerprint density at radius 2 is 1.90 bits per heavy atom. The molecule has 4 aromatic rings. The van der Waals surface area contributed by atoms with E-state index in [4.69, 9.17) is 16.3 Å². The van der Waals surface area contributed by atoms with E-state index in [1.165, 1.54) is 35.3 Å². The van der Waals surface area contributed by atoms with Crippen LogP contribution in [0.5, 0.6) is 11.6 Å². The number of alkyl halides is 3. The summed E-state index contributed by atoms with van der Waals surface area (Å²) in [6, 6.07) is 12.0. The third-order valence-corrected chi connectivity index (χ3v) is 4.36. The minimum atomic E-state index is -4.49. The molecule has 0 fully saturated rings. The number of fused-ring (bicyclic) bond motifs is 1. The number of amides is 1. The smallest absolute Gasteiger partial charge is 0.416 e. The molecule has 6 nitrogen and oxygen atoms in total. The Morgan fingerprint density at radius 3 is 2.67 bits per heavy atom. The molecule has 0 aliphatic carbocycles. The lowest BCUT2D eigenvalue weighted by atomic mass is 10.2. The maximum atomic E-state index is 12.9. The summed E-state index contributed by atoms with van der Waals surface area (Å²) in [4.78, 5) is 20.3. The van der Waals surface area contributed by atoms with Gasteiger partial charge in [-0.3, -0.25) is 4.57 Å². The molecule has 30 heavy (non-hydrogen) atoms. The highest BCUT2D eigenvalue weighted by Gasteiger charge is 2.30. The van der Waals surface area contributed by atoms with E-state index in [2.05, 4.69) is 15.3 Å². The lowest BCUT2D eigenvalue weighted by Crippen LogP contribution is -2.18. The van der Waals surface area contributed by atoms with E-state index < -0.39 is 17.8 Å². The Morgan fingerprint density at radius 1 is 1.07 bits per heavy atom. The highest BCUT2D eigenvalue weighted by atomic mass is 35.5. The maximum Gasteiger partial charge on any atom is 0.416 e. The first-order valence-corrected chi connectivity index (χ1v) is 8.92. The van der Waals surface area contributed by atoms with Crippen LogP contribution in [0.3, 0.4) is 0 Å². The zero-order valence-corrected chi connectivity index (χ0v) is 15.8. The molecule has 0 saturated heterocycles. The van der Waals surface area contributed by atoms with Gasteiger partial charge >= 0.3 is 12.2 Å². The van der Waals surface area contributed by atoms with Crippen molar-refractivity contribution < 1.29 is 22.7 Å². The number of nitrogens with one attached hydrogen (secondary N) is 1. The molecular weight excluding hydrogens is 421 g/mol. The summed E-state index contributed by atoms with van der Waals surface area (Å²) < 4.78 is 45.5. The average molecular weight is 433 g/mol. The van der Waals surface area contributed by atoms with E-state index in [1.54, 1.807) is 24.3 Å². The van der Waals surface area contributed by atoms with Gasteiger partial charge in [0.25, 0.3) is 0 Å². The van der Waals surface area contributed by atoms with Gasteiger partial charge < -0.3 is 10.1 Å². The standard InChI is InChI=1S/C20H12ClF3N4O2/c21-17-10-18(26-11-25-17)30-15-4-5-16-12(8-15)6-7-28(16)19(29)27-14-3-1-2-13(9-14)20(22,23)24/h1-11H,(H,27,29). The molecule has 152 valence electrons. The van der Waals surface area contributed by atoms with Crippen molar-refractivity contribution in [1.29, 1.82) is 0 Å². The number of ether oxygens (including phenoxy) is 1. The number of benzene rings is 2. The van der Waals surface area contributed by atoms with Crippen LogP contribution >= 0.6 is 11.6 Å². The molecule has 10 heteroatoms. The number of hydrogen-bond donors (Lipinski definition) is 1. The average Bonchev–Trinajstić information content (AvgIpc) is 3.11. The molecule has 0 radical (unpaired) electrons. The van der Waals surface area contributed by atoms with Gasteiger partial charge in [-0.1, -0.05) is 17.7 Å². The predicted molar refractivity (Wildman–Crippen MR) is 105 cm³/mol. The molecule has 0 saturated carbocycles. The van der Waals surface area contributed by atoms with Crippen molar-refractivity contribution in [3.8, 4) is 11.6 Å². The Bertz CT molecular complexity index is 1240. The second kappa shape index (κ2) is 7.68. The van der Waals surface area contributed by atoms with Crippen LogP contribution in [-0.4, -0.2) is 20.6 Å². The van der Waals surface area contributed by atoms with Crippen LogP contribution in [0.1, 0.15) is 5.56 Å². The summed E-state index contributed by atoms with van der Waals surface area (Å²) in [7, 11) is 0. The highest BCUT2D eigenvalue weighted by Crippen LogP contribution is 2.31. The number of carbonyl (C=O) groups is 1. The van der Waals surface area contributed by atoms with Crippen LogP contribution in [-0.2, 0) is 6.18 Å². The van der Waals surface area contributed by atoms with Gasteiger partial charge in [-0.15, -0.1) is 0 Å². The summed E-state index contributed by atoms with van der Waals surface area (Å²) in [6.45, 7) is 0. The monoisotopic (exact) mass is 432 g/mol. The fraction of sp³-hybridized carbons (Fsp3) is 0.0500. The van der Waals surface area contributed by atoms with Crippen LogP contribution < -0.4 is 10.1 Å². The van der Waals surface area contributed by atoms with Crippen molar-refractivity contribution >= 4 is 34.2 Å². The fourth-order valence-corrected chi connectivity index (χ4v) is 2.95. The van der Waals surface area contributed by atoms with E-state index in [0.29, 0.717) is 16.7 Å². The third kappa shape index (κ3) is 4.20. The topological polar surface area (TPSA) is 69.0 Å². The summed E-state index contributed by atoms with van der Waals surface area (Å²) in [5.74, 6) is 0.726. The van der Waals surface area contributed by atoms with Gasteiger partial charge in [0, 0.05) is 23.3 Å². The van der Waals surface area contributed by atoms with Crippen molar-refractivity contribution in [3.63, 3.8) is 0 Å². The van der Waals surface area contributed by atoms with E-state index >= 15 is 0 Å². The van der Waals surface area contributed by atoms with E-state index in [0.717, 1.165) is 12.1 Å². The molecule has 2 heterocycles. The first-order chi connectivity index (χ1) is 14.3. The zero-order chi connectivity index (χ0) is 21.3. The van der Waals surface area contributed by atoms with Crippen LogP contribution in [0.4, 0.5) is 23.7 Å². The van der Waals surface area contributed by atoms with Gasteiger partial charge in [-0.2, -0.15) is 13.2 Å². The Balaban J connectivity index is 1.55. The summed E-state index contributed by atoms with van der Waals surface area (Å²) in [5.41, 5.74) is -0.255. The first kappa shape index (κ1) is 19.7. The molecule has 0 atom stereocenters. The molecule has 0 unspecified atom stereocenters. The van der Waals surface area contributed by atoms with Gasteiger partial charge in [0.2, 0.25) is 5.88 Å². The first-order valence-electron chi connectivity index (χ1n) is 8.55. The minimum absolute atomic E-state index is 0.0391. The highest BCUT2D eigenvalue weighted by molar-refractivity contribution is 6.29. The lowest BCUT2D eigenvalue weighted by Gasteiger charge is -2.11. The molecule has 0 aliphatic rings. The number of halogens is 4. The number of anilines is 1. The summed E-state index contributed by atoms with van der Waals surface area (Å²) >= 11 is 5.80. The molecular formula is C20H12ClF3N4O2. The number of rotatable bonds is 3. The number of carbonyl (C=O) groups excluding carboxylic acids is 1. The molecule has 2 aromatic heterocycles. The molecule has 4 rings (SSSR count). The van der Waals surface area contributed by atoms with E-state index in [-0.39, 0.29) is 16.7 Å². The second-order valence-corrected chi connectivity index (χ2v) is 6.58. The van der Waals surface area contributed by atoms with Crippen molar-refractivity contribution in [2.45, 2.75) is 6.18 Å². The fourth-order valence-electron chi connectivity index (χ4n) is 2.81. The van der Waals surface area contributed by atoms with Crippen LogP contribution in [0.25, 0.3) is 10.9 Å². The largest absolute Gasteiger partial charge is 0.439 e. The minimum Gasteiger partial charge on any atom is -0.439 e. The van der Waals surface area contributed by atoms with Crippen molar-refractivity contribution in [3.05, 3.63) is 77.8 Å². The number of hydrogen-bond acceptors (Lipinski definition) is 4. The summed E-state index contributed by atoms with van der Waals surface area (Å²) in [6.07, 6.45) is -1.71. The second-order valence-electron chi connectivity index (χ2n) is 6.20. The maximum absolute atomic E-state index is 12.9. The van der Waals surface area contributed by atoms with Crippen LogP contribution in [0, 0.1) is 0 Å². The quantitative estimate of drug-likeness (QED) is 0.404.